The first kappa shape index (κ1) is 14.5. The number of hydrogen-bond acceptors (Lipinski definition) is 3. The number of amides is 1. The molecule has 0 spiro atoms. The molecule has 5 heteroatoms. The van der Waals surface area contributed by atoms with Crippen LogP contribution in [0.3, 0.4) is 0 Å². The van der Waals surface area contributed by atoms with Crippen molar-refractivity contribution in [3.05, 3.63) is 57.7 Å². The number of aryl methyl sites for hydroxylation is 1. The van der Waals surface area contributed by atoms with Crippen molar-refractivity contribution in [2.24, 2.45) is 0 Å². The topological polar surface area (TPSA) is 51.2 Å². The molecule has 0 aliphatic carbocycles. The van der Waals surface area contributed by atoms with E-state index in [1.165, 1.54) is 0 Å². The van der Waals surface area contributed by atoms with Crippen LogP contribution in [0, 0.1) is 6.92 Å². The Morgan fingerprint density at radius 3 is 2.75 bits per heavy atom. The van der Waals surface area contributed by atoms with E-state index in [4.69, 9.17) is 4.74 Å². The van der Waals surface area contributed by atoms with Crippen molar-refractivity contribution >= 4 is 21.8 Å². The Bertz CT molecular complexity index is 592. The molecule has 0 bridgehead atoms. The molecule has 0 aliphatic rings. The lowest BCUT2D eigenvalue weighted by molar-refractivity contribution is 0.0950. The summed E-state index contributed by atoms with van der Waals surface area (Å²) in [6, 6.07) is 9.26. The largest absolute Gasteiger partial charge is 0.481 e. The van der Waals surface area contributed by atoms with Gasteiger partial charge in [0.15, 0.2) is 0 Å². The minimum atomic E-state index is -0.106. The minimum Gasteiger partial charge on any atom is -0.481 e. The lowest BCUT2D eigenvalue weighted by atomic mass is 10.1. The lowest BCUT2D eigenvalue weighted by Crippen LogP contribution is -2.22. The van der Waals surface area contributed by atoms with Crippen molar-refractivity contribution in [2.45, 2.75) is 13.5 Å². The van der Waals surface area contributed by atoms with Crippen LogP contribution in [0.1, 0.15) is 21.5 Å². The molecular formula is C15H15BrN2O2. The molecular weight excluding hydrogens is 320 g/mol. The average Bonchev–Trinajstić information content (AvgIpc) is 2.44. The second kappa shape index (κ2) is 6.52. The van der Waals surface area contributed by atoms with Crippen LogP contribution in [0.2, 0.25) is 0 Å². The minimum absolute atomic E-state index is 0.106. The fourth-order valence-corrected chi connectivity index (χ4v) is 2.40. The van der Waals surface area contributed by atoms with Gasteiger partial charge in [0.1, 0.15) is 0 Å². The number of nitrogens with one attached hydrogen (secondary N) is 1. The molecule has 4 nitrogen and oxygen atoms in total. The van der Waals surface area contributed by atoms with E-state index < -0.39 is 0 Å². The molecule has 2 rings (SSSR count). The molecule has 2 aromatic rings. The first-order valence-corrected chi connectivity index (χ1v) is 6.92. The summed E-state index contributed by atoms with van der Waals surface area (Å²) >= 11 is 3.39. The number of benzene rings is 1. The number of halogens is 1. The van der Waals surface area contributed by atoms with Gasteiger partial charge in [0, 0.05) is 28.8 Å². The molecule has 0 aliphatic heterocycles. The smallest absolute Gasteiger partial charge is 0.251 e. The number of rotatable bonds is 4. The average molecular weight is 335 g/mol. The van der Waals surface area contributed by atoms with E-state index in [2.05, 4.69) is 26.2 Å². The van der Waals surface area contributed by atoms with Crippen molar-refractivity contribution in [3.8, 4) is 5.88 Å². The zero-order chi connectivity index (χ0) is 14.5. The molecule has 1 amide bonds. The summed E-state index contributed by atoms with van der Waals surface area (Å²) in [6.45, 7) is 2.39. The monoisotopic (exact) mass is 334 g/mol. The van der Waals surface area contributed by atoms with Gasteiger partial charge < -0.3 is 10.1 Å². The summed E-state index contributed by atoms with van der Waals surface area (Å²) in [5.74, 6) is 0.452. The number of hydrogen-bond donors (Lipinski definition) is 1. The maximum absolute atomic E-state index is 12.1. The third-order valence-corrected chi connectivity index (χ3v) is 3.22. The predicted molar refractivity (Wildman–Crippen MR) is 80.8 cm³/mol. The van der Waals surface area contributed by atoms with E-state index in [9.17, 15) is 4.79 Å². The normalized spacial score (nSPS) is 10.2. The van der Waals surface area contributed by atoms with Crippen molar-refractivity contribution in [2.75, 3.05) is 7.11 Å². The Labute approximate surface area is 126 Å². The standard InChI is InChI=1S/C15H15BrN2O2/c1-10-5-12(7-13(16)6-10)15(19)18-9-11-3-4-14(20-2)17-8-11/h3-8H,9H2,1-2H3,(H,18,19). The first-order valence-electron chi connectivity index (χ1n) is 6.13. The molecule has 1 aromatic carbocycles. The molecule has 0 fully saturated rings. The summed E-state index contributed by atoms with van der Waals surface area (Å²) in [7, 11) is 1.57. The summed E-state index contributed by atoms with van der Waals surface area (Å²) < 4.78 is 5.88. The molecule has 0 saturated heterocycles. The van der Waals surface area contributed by atoms with Gasteiger partial charge in [-0.1, -0.05) is 22.0 Å². The fraction of sp³-hybridized carbons (Fsp3) is 0.200. The number of carbonyl (C=O) groups is 1. The van der Waals surface area contributed by atoms with Crippen molar-refractivity contribution in [3.63, 3.8) is 0 Å². The fourth-order valence-electron chi connectivity index (χ4n) is 1.79. The third kappa shape index (κ3) is 3.81. The summed E-state index contributed by atoms with van der Waals surface area (Å²) in [4.78, 5) is 16.2. The van der Waals surface area contributed by atoms with Crippen LogP contribution in [0.25, 0.3) is 0 Å². The molecule has 0 saturated carbocycles. The van der Waals surface area contributed by atoms with Crippen LogP contribution >= 0.6 is 15.9 Å². The van der Waals surface area contributed by atoms with Gasteiger partial charge in [0.25, 0.3) is 5.91 Å². The number of carbonyl (C=O) groups excluding carboxylic acids is 1. The number of ether oxygens (including phenoxy) is 1. The molecule has 1 N–H and O–H groups in total. The molecule has 0 radical (unpaired) electrons. The van der Waals surface area contributed by atoms with Gasteiger partial charge >= 0.3 is 0 Å². The number of methoxy groups -OCH3 is 1. The highest BCUT2D eigenvalue weighted by atomic mass is 79.9. The molecule has 20 heavy (non-hydrogen) atoms. The van der Waals surface area contributed by atoms with E-state index in [-0.39, 0.29) is 5.91 Å². The maximum Gasteiger partial charge on any atom is 0.251 e. The second-order valence-electron chi connectivity index (χ2n) is 4.41. The predicted octanol–water partition coefficient (Wildman–Crippen LogP) is 3.09. The van der Waals surface area contributed by atoms with E-state index >= 15 is 0 Å². The second-order valence-corrected chi connectivity index (χ2v) is 5.32. The summed E-state index contributed by atoms with van der Waals surface area (Å²) in [6.07, 6.45) is 1.69. The Morgan fingerprint density at radius 1 is 1.35 bits per heavy atom. The van der Waals surface area contributed by atoms with Crippen LogP contribution in [0.4, 0.5) is 0 Å². The van der Waals surface area contributed by atoms with Gasteiger partial charge in [0.05, 0.1) is 7.11 Å². The van der Waals surface area contributed by atoms with E-state index in [0.29, 0.717) is 18.0 Å². The zero-order valence-electron chi connectivity index (χ0n) is 11.3. The van der Waals surface area contributed by atoms with Gasteiger partial charge in [-0.05, 0) is 36.2 Å². The van der Waals surface area contributed by atoms with Crippen LogP contribution < -0.4 is 10.1 Å². The van der Waals surface area contributed by atoms with Crippen molar-refractivity contribution in [1.82, 2.24) is 10.3 Å². The number of nitrogens with zero attached hydrogens (tertiary/aromatic N) is 1. The Balaban J connectivity index is 2.00. The van der Waals surface area contributed by atoms with Crippen LogP contribution in [-0.2, 0) is 6.54 Å². The van der Waals surface area contributed by atoms with Gasteiger partial charge in [-0.2, -0.15) is 0 Å². The van der Waals surface area contributed by atoms with Crippen molar-refractivity contribution in [1.29, 1.82) is 0 Å². The Kier molecular flexibility index (Phi) is 4.74. The van der Waals surface area contributed by atoms with Crippen LogP contribution in [0.5, 0.6) is 5.88 Å². The van der Waals surface area contributed by atoms with Crippen LogP contribution in [-0.4, -0.2) is 18.0 Å². The molecule has 104 valence electrons. The number of pyridine rings is 1. The molecule has 0 atom stereocenters. The van der Waals surface area contributed by atoms with Gasteiger partial charge in [-0.15, -0.1) is 0 Å². The third-order valence-electron chi connectivity index (χ3n) is 2.76. The highest BCUT2D eigenvalue weighted by Gasteiger charge is 2.07. The quantitative estimate of drug-likeness (QED) is 0.934. The highest BCUT2D eigenvalue weighted by molar-refractivity contribution is 9.10. The Morgan fingerprint density at radius 2 is 2.15 bits per heavy atom. The molecule has 1 heterocycles. The van der Waals surface area contributed by atoms with Crippen molar-refractivity contribution < 1.29 is 9.53 Å². The lowest BCUT2D eigenvalue weighted by Gasteiger charge is -2.07. The number of aromatic nitrogens is 1. The zero-order valence-corrected chi connectivity index (χ0v) is 12.9. The molecule has 0 unspecified atom stereocenters. The van der Waals surface area contributed by atoms with E-state index in [1.54, 1.807) is 25.4 Å². The van der Waals surface area contributed by atoms with Crippen LogP contribution in [0.15, 0.2) is 41.0 Å². The van der Waals surface area contributed by atoms with E-state index in [1.807, 2.05) is 25.1 Å². The SMILES string of the molecule is COc1ccc(CNC(=O)c2cc(C)cc(Br)c2)cn1. The van der Waals surface area contributed by atoms with Gasteiger partial charge in [-0.3, -0.25) is 4.79 Å². The Hall–Kier alpha value is -1.88. The van der Waals surface area contributed by atoms with Gasteiger partial charge in [0.2, 0.25) is 5.88 Å². The maximum atomic E-state index is 12.1. The van der Waals surface area contributed by atoms with E-state index in [0.717, 1.165) is 15.6 Å². The molecule has 1 aromatic heterocycles. The summed E-state index contributed by atoms with van der Waals surface area (Å²) in [5, 5.41) is 2.87. The summed E-state index contributed by atoms with van der Waals surface area (Å²) in [5.41, 5.74) is 2.60. The highest BCUT2D eigenvalue weighted by Crippen LogP contribution is 2.15. The first-order chi connectivity index (χ1) is 9.58. The van der Waals surface area contributed by atoms with Gasteiger partial charge in [-0.25, -0.2) is 4.98 Å².